The van der Waals surface area contributed by atoms with E-state index < -0.39 is 0 Å². The van der Waals surface area contributed by atoms with E-state index in [0.717, 1.165) is 5.56 Å². The van der Waals surface area contributed by atoms with E-state index in [1.54, 1.807) is 12.1 Å². The minimum Gasteiger partial charge on any atom is -0.469 e. The first kappa shape index (κ1) is 15.4. The lowest BCUT2D eigenvalue weighted by molar-refractivity contribution is -0.140. The summed E-state index contributed by atoms with van der Waals surface area (Å²) < 4.78 is 4.53. The first-order valence-electron chi connectivity index (χ1n) is 4.97. The van der Waals surface area contributed by atoms with Crippen molar-refractivity contribution in [1.82, 2.24) is 0 Å². The van der Waals surface area contributed by atoms with E-state index in [0.29, 0.717) is 12.0 Å². The van der Waals surface area contributed by atoms with Crippen molar-refractivity contribution in [3.8, 4) is 6.07 Å². The average Bonchev–Trinajstić information content (AvgIpc) is 2.29. The monoisotopic (exact) mass is 254 g/mol. The van der Waals surface area contributed by atoms with Crippen LogP contribution in [0.2, 0.25) is 0 Å². The Morgan fingerprint density at radius 1 is 1.47 bits per heavy atom. The van der Waals surface area contributed by atoms with Gasteiger partial charge >= 0.3 is 5.97 Å². The minimum absolute atomic E-state index is 0. The number of rotatable bonds is 4. The Kier molecular flexibility index (Phi) is 6.95. The molecule has 1 atom stereocenters. The van der Waals surface area contributed by atoms with Gasteiger partial charge in [-0.25, -0.2) is 0 Å². The summed E-state index contributed by atoms with van der Waals surface area (Å²) in [5.41, 5.74) is 7.41. The lowest BCUT2D eigenvalue weighted by Crippen LogP contribution is -2.26. The van der Waals surface area contributed by atoms with Gasteiger partial charge in [-0.2, -0.15) is 5.26 Å². The van der Waals surface area contributed by atoms with Crippen molar-refractivity contribution in [2.24, 2.45) is 5.73 Å². The van der Waals surface area contributed by atoms with E-state index in [9.17, 15) is 4.79 Å². The number of nitrogens with zero attached hydrogens (tertiary/aromatic N) is 1. The molecular weight excluding hydrogens is 240 g/mol. The maximum atomic E-state index is 11.0. The number of hydrogen-bond acceptors (Lipinski definition) is 4. The molecule has 0 spiro atoms. The fourth-order valence-electron chi connectivity index (χ4n) is 1.39. The van der Waals surface area contributed by atoms with E-state index in [1.807, 2.05) is 18.2 Å². The van der Waals surface area contributed by atoms with Gasteiger partial charge in [0, 0.05) is 6.04 Å². The molecule has 1 aromatic rings. The standard InChI is InChI=1S/C12H14N2O2.ClH/c1-16-12(15)7-11(14)6-9-2-4-10(8-13)5-3-9;/h2-5,11H,6-7,14H2,1H3;1H/t11-;/m1./s1. The molecule has 17 heavy (non-hydrogen) atoms. The Hall–Kier alpha value is -1.57. The zero-order valence-electron chi connectivity index (χ0n) is 9.55. The summed E-state index contributed by atoms with van der Waals surface area (Å²) in [5.74, 6) is -0.304. The fraction of sp³-hybridized carbons (Fsp3) is 0.333. The average molecular weight is 255 g/mol. The molecule has 0 saturated heterocycles. The molecule has 1 aromatic carbocycles. The Morgan fingerprint density at radius 2 is 2.06 bits per heavy atom. The molecule has 0 aromatic heterocycles. The Bertz CT molecular complexity index is 398. The molecule has 0 fully saturated rings. The van der Waals surface area contributed by atoms with E-state index >= 15 is 0 Å². The van der Waals surface area contributed by atoms with Crippen LogP contribution in [0, 0.1) is 11.3 Å². The number of methoxy groups -OCH3 is 1. The van der Waals surface area contributed by atoms with Crippen LogP contribution < -0.4 is 5.73 Å². The van der Waals surface area contributed by atoms with Crippen LogP contribution in [0.25, 0.3) is 0 Å². The van der Waals surface area contributed by atoms with E-state index in [2.05, 4.69) is 4.74 Å². The third kappa shape index (κ3) is 5.34. The van der Waals surface area contributed by atoms with Crippen molar-refractivity contribution in [1.29, 1.82) is 5.26 Å². The normalized spacial score (nSPS) is 10.9. The third-order valence-corrected chi connectivity index (χ3v) is 2.24. The number of nitriles is 1. The van der Waals surface area contributed by atoms with Crippen LogP contribution in [0.5, 0.6) is 0 Å². The van der Waals surface area contributed by atoms with Crippen molar-refractivity contribution in [3.05, 3.63) is 35.4 Å². The van der Waals surface area contributed by atoms with Crippen molar-refractivity contribution < 1.29 is 9.53 Å². The number of esters is 1. The predicted molar refractivity (Wildman–Crippen MR) is 66.7 cm³/mol. The summed E-state index contributed by atoms with van der Waals surface area (Å²) in [7, 11) is 1.34. The van der Waals surface area contributed by atoms with E-state index in [4.69, 9.17) is 11.0 Å². The molecule has 0 saturated carbocycles. The Labute approximate surface area is 107 Å². The molecule has 1 rings (SSSR count). The van der Waals surface area contributed by atoms with Gasteiger partial charge in [0.25, 0.3) is 0 Å². The van der Waals surface area contributed by atoms with Crippen LogP contribution in [0.15, 0.2) is 24.3 Å². The number of ether oxygens (including phenoxy) is 1. The lowest BCUT2D eigenvalue weighted by atomic mass is 10.0. The molecule has 0 amide bonds. The number of nitrogens with two attached hydrogens (primary N) is 1. The molecule has 0 heterocycles. The highest BCUT2D eigenvalue weighted by atomic mass is 35.5. The molecule has 0 aliphatic rings. The van der Waals surface area contributed by atoms with Crippen LogP contribution in [-0.2, 0) is 16.0 Å². The van der Waals surface area contributed by atoms with Crippen LogP contribution in [0.1, 0.15) is 17.5 Å². The van der Waals surface area contributed by atoms with Gasteiger partial charge in [0.05, 0.1) is 25.2 Å². The van der Waals surface area contributed by atoms with Gasteiger partial charge in [-0.3, -0.25) is 4.79 Å². The molecular formula is C12H15ClN2O2. The van der Waals surface area contributed by atoms with E-state index in [-0.39, 0.29) is 30.8 Å². The number of carbonyl (C=O) groups is 1. The molecule has 0 bridgehead atoms. The second-order valence-electron chi connectivity index (χ2n) is 3.55. The summed E-state index contributed by atoms with van der Waals surface area (Å²) in [6.45, 7) is 0. The third-order valence-electron chi connectivity index (χ3n) is 2.24. The van der Waals surface area contributed by atoms with Gasteiger partial charge in [0.2, 0.25) is 0 Å². The molecule has 2 N–H and O–H groups in total. The summed E-state index contributed by atoms with van der Waals surface area (Å²) in [5, 5.41) is 8.63. The number of benzene rings is 1. The number of carbonyl (C=O) groups excluding carboxylic acids is 1. The summed E-state index contributed by atoms with van der Waals surface area (Å²) in [6, 6.07) is 8.95. The zero-order valence-corrected chi connectivity index (χ0v) is 10.4. The molecule has 0 aliphatic heterocycles. The van der Waals surface area contributed by atoms with Crippen molar-refractivity contribution in [2.45, 2.75) is 18.9 Å². The number of halogens is 1. The zero-order chi connectivity index (χ0) is 12.0. The van der Waals surface area contributed by atoms with Crippen LogP contribution in [-0.4, -0.2) is 19.1 Å². The molecule has 4 nitrogen and oxygen atoms in total. The van der Waals surface area contributed by atoms with E-state index in [1.165, 1.54) is 7.11 Å². The van der Waals surface area contributed by atoms with Gasteiger partial charge in [0.1, 0.15) is 0 Å². The molecule has 0 aliphatic carbocycles. The largest absolute Gasteiger partial charge is 0.469 e. The van der Waals surface area contributed by atoms with Crippen LogP contribution in [0.4, 0.5) is 0 Å². The summed E-state index contributed by atoms with van der Waals surface area (Å²) in [6.07, 6.45) is 0.803. The molecule has 0 unspecified atom stereocenters. The quantitative estimate of drug-likeness (QED) is 0.825. The summed E-state index contributed by atoms with van der Waals surface area (Å²) in [4.78, 5) is 11.0. The highest BCUT2D eigenvalue weighted by Crippen LogP contribution is 2.07. The van der Waals surface area contributed by atoms with Gasteiger partial charge < -0.3 is 10.5 Å². The first-order valence-corrected chi connectivity index (χ1v) is 4.97. The van der Waals surface area contributed by atoms with Crippen molar-refractivity contribution in [3.63, 3.8) is 0 Å². The molecule has 5 heteroatoms. The SMILES string of the molecule is COC(=O)C[C@H](N)Cc1ccc(C#N)cc1.Cl. The lowest BCUT2D eigenvalue weighted by Gasteiger charge is -2.09. The predicted octanol–water partition coefficient (Wildman–Crippen LogP) is 1.41. The maximum absolute atomic E-state index is 11.0. The number of hydrogen-bond donors (Lipinski definition) is 1. The fourth-order valence-corrected chi connectivity index (χ4v) is 1.39. The Morgan fingerprint density at radius 3 is 2.53 bits per heavy atom. The van der Waals surface area contributed by atoms with Crippen molar-refractivity contribution in [2.75, 3.05) is 7.11 Å². The van der Waals surface area contributed by atoms with Gasteiger partial charge in [-0.15, -0.1) is 12.4 Å². The highest BCUT2D eigenvalue weighted by molar-refractivity contribution is 5.85. The van der Waals surface area contributed by atoms with Crippen molar-refractivity contribution >= 4 is 18.4 Å². The highest BCUT2D eigenvalue weighted by Gasteiger charge is 2.10. The minimum atomic E-state index is -0.304. The topological polar surface area (TPSA) is 76.1 Å². The maximum Gasteiger partial charge on any atom is 0.307 e. The van der Waals surface area contributed by atoms with Crippen LogP contribution >= 0.6 is 12.4 Å². The second kappa shape index (κ2) is 7.66. The van der Waals surface area contributed by atoms with Gasteiger partial charge in [-0.1, -0.05) is 12.1 Å². The summed E-state index contributed by atoms with van der Waals surface area (Å²) >= 11 is 0. The molecule has 0 radical (unpaired) electrons. The smallest absolute Gasteiger partial charge is 0.307 e. The van der Waals surface area contributed by atoms with Gasteiger partial charge in [-0.05, 0) is 24.1 Å². The van der Waals surface area contributed by atoms with Gasteiger partial charge in [0.15, 0.2) is 0 Å². The molecule has 92 valence electrons. The van der Waals surface area contributed by atoms with Crippen LogP contribution in [0.3, 0.4) is 0 Å². The Balaban J connectivity index is 0.00000256. The first-order chi connectivity index (χ1) is 7.65. The second-order valence-corrected chi connectivity index (χ2v) is 3.55.